The van der Waals surface area contributed by atoms with Crippen LogP contribution in [0.5, 0.6) is 11.5 Å². The van der Waals surface area contributed by atoms with Crippen LogP contribution in [-0.4, -0.2) is 20.0 Å². The van der Waals surface area contributed by atoms with Crippen LogP contribution in [0.1, 0.15) is 10.4 Å². The molecule has 0 heterocycles. The number of rotatable bonds is 4. The number of methoxy groups -OCH3 is 1. The number of carbonyl (C=O) groups excluding carboxylic acids is 1. The molecule has 0 N–H and O–H groups in total. The summed E-state index contributed by atoms with van der Waals surface area (Å²) in [5.41, 5.74) is 0.459. The maximum absolute atomic E-state index is 10.6. The van der Waals surface area contributed by atoms with Gasteiger partial charge in [-0.05, 0) is 12.1 Å². The van der Waals surface area contributed by atoms with E-state index in [1.165, 1.54) is 0 Å². The highest BCUT2D eigenvalue weighted by Gasteiger charge is 2.03. The fourth-order valence-corrected chi connectivity index (χ4v) is 0.983. The Hall–Kier alpha value is -1.95. The number of carbonyl (C=O) groups is 1. The fourth-order valence-electron chi connectivity index (χ4n) is 0.983. The Labute approximate surface area is 82.6 Å². The molecule has 0 fully saturated rings. The van der Waals surface area contributed by atoms with Crippen molar-refractivity contribution in [1.82, 2.24) is 0 Å². The molecule has 0 atom stereocenters. The molecule has 0 spiro atoms. The molecule has 14 heavy (non-hydrogen) atoms. The molecule has 0 aliphatic carbocycles. The molecule has 0 aliphatic rings. The SMILES string of the molecule is C#CCOc1cc(OC)ccc1C=O. The van der Waals surface area contributed by atoms with E-state index < -0.39 is 0 Å². The third-order valence-electron chi connectivity index (χ3n) is 1.66. The van der Waals surface area contributed by atoms with Gasteiger partial charge in [0.1, 0.15) is 18.1 Å². The summed E-state index contributed by atoms with van der Waals surface area (Å²) < 4.78 is 10.2. The summed E-state index contributed by atoms with van der Waals surface area (Å²) in [5.74, 6) is 3.40. The highest BCUT2D eigenvalue weighted by Crippen LogP contribution is 2.23. The van der Waals surface area contributed by atoms with Gasteiger partial charge in [0, 0.05) is 6.07 Å². The van der Waals surface area contributed by atoms with Gasteiger partial charge >= 0.3 is 0 Å². The number of benzene rings is 1. The van der Waals surface area contributed by atoms with Crippen molar-refractivity contribution in [3.8, 4) is 23.8 Å². The summed E-state index contributed by atoms with van der Waals surface area (Å²) >= 11 is 0. The summed E-state index contributed by atoms with van der Waals surface area (Å²) in [5, 5.41) is 0. The summed E-state index contributed by atoms with van der Waals surface area (Å²) in [4.78, 5) is 10.6. The molecule has 1 aromatic carbocycles. The van der Waals surface area contributed by atoms with E-state index in [1.807, 2.05) is 0 Å². The molecule has 0 unspecified atom stereocenters. The highest BCUT2D eigenvalue weighted by atomic mass is 16.5. The first-order valence-electron chi connectivity index (χ1n) is 4.01. The molecule has 72 valence electrons. The Morgan fingerprint density at radius 1 is 1.57 bits per heavy atom. The monoisotopic (exact) mass is 190 g/mol. The molecule has 0 amide bonds. The maximum Gasteiger partial charge on any atom is 0.153 e. The Kier molecular flexibility index (Phi) is 3.57. The van der Waals surface area contributed by atoms with E-state index in [0.717, 1.165) is 0 Å². The quantitative estimate of drug-likeness (QED) is 0.533. The number of aldehydes is 1. The highest BCUT2D eigenvalue weighted by molar-refractivity contribution is 5.79. The zero-order chi connectivity index (χ0) is 10.4. The molecule has 0 bridgehead atoms. The van der Waals surface area contributed by atoms with Gasteiger partial charge in [0.25, 0.3) is 0 Å². The molecule has 3 nitrogen and oxygen atoms in total. The minimum atomic E-state index is 0.133. The lowest BCUT2D eigenvalue weighted by Gasteiger charge is -2.07. The van der Waals surface area contributed by atoms with Gasteiger partial charge in [0.05, 0.1) is 12.7 Å². The van der Waals surface area contributed by atoms with Gasteiger partial charge in [-0.25, -0.2) is 0 Å². The van der Waals surface area contributed by atoms with Crippen LogP contribution in [0, 0.1) is 12.3 Å². The van der Waals surface area contributed by atoms with Crippen LogP contribution < -0.4 is 9.47 Å². The Balaban J connectivity index is 2.97. The van der Waals surface area contributed by atoms with Crippen LogP contribution in [0.15, 0.2) is 18.2 Å². The molecular weight excluding hydrogens is 180 g/mol. The van der Waals surface area contributed by atoms with Gasteiger partial charge in [0.15, 0.2) is 6.29 Å². The van der Waals surface area contributed by atoms with Gasteiger partial charge in [-0.2, -0.15) is 0 Å². The van der Waals surface area contributed by atoms with Crippen LogP contribution in [0.25, 0.3) is 0 Å². The molecule has 0 saturated carbocycles. The van der Waals surface area contributed by atoms with Crippen LogP contribution >= 0.6 is 0 Å². The van der Waals surface area contributed by atoms with Crippen molar-refractivity contribution in [2.45, 2.75) is 0 Å². The van der Waals surface area contributed by atoms with Crippen LogP contribution in [0.3, 0.4) is 0 Å². The van der Waals surface area contributed by atoms with E-state index in [9.17, 15) is 4.79 Å². The number of hydrogen-bond donors (Lipinski definition) is 0. The minimum absolute atomic E-state index is 0.133. The topological polar surface area (TPSA) is 35.5 Å². The van der Waals surface area contributed by atoms with Crippen molar-refractivity contribution in [2.75, 3.05) is 13.7 Å². The molecule has 0 radical (unpaired) electrons. The molecule has 3 heteroatoms. The van der Waals surface area contributed by atoms with Crippen LogP contribution in [0.4, 0.5) is 0 Å². The molecule has 0 saturated heterocycles. The largest absolute Gasteiger partial charge is 0.497 e. The van der Waals surface area contributed by atoms with Crippen LogP contribution in [0.2, 0.25) is 0 Å². The zero-order valence-electron chi connectivity index (χ0n) is 7.82. The molecule has 1 rings (SSSR count). The minimum Gasteiger partial charge on any atom is -0.497 e. The number of hydrogen-bond acceptors (Lipinski definition) is 3. The average molecular weight is 190 g/mol. The van der Waals surface area contributed by atoms with Gasteiger partial charge in [-0.1, -0.05) is 5.92 Å². The first-order valence-corrected chi connectivity index (χ1v) is 4.01. The zero-order valence-corrected chi connectivity index (χ0v) is 7.82. The third-order valence-corrected chi connectivity index (χ3v) is 1.66. The smallest absolute Gasteiger partial charge is 0.153 e. The summed E-state index contributed by atoms with van der Waals surface area (Å²) in [6, 6.07) is 4.94. The van der Waals surface area contributed by atoms with E-state index in [-0.39, 0.29) is 6.61 Å². The summed E-state index contributed by atoms with van der Waals surface area (Å²) in [6.07, 6.45) is 5.76. The van der Waals surface area contributed by atoms with Crippen molar-refractivity contribution < 1.29 is 14.3 Å². The van der Waals surface area contributed by atoms with Crippen molar-refractivity contribution in [3.63, 3.8) is 0 Å². The van der Waals surface area contributed by atoms with Crippen molar-refractivity contribution in [3.05, 3.63) is 23.8 Å². The lowest BCUT2D eigenvalue weighted by molar-refractivity contribution is 0.112. The van der Waals surface area contributed by atoms with Crippen molar-refractivity contribution in [2.24, 2.45) is 0 Å². The van der Waals surface area contributed by atoms with Crippen LogP contribution in [-0.2, 0) is 0 Å². The van der Waals surface area contributed by atoms with Gasteiger partial charge < -0.3 is 9.47 Å². The Morgan fingerprint density at radius 2 is 2.36 bits per heavy atom. The van der Waals surface area contributed by atoms with Crippen molar-refractivity contribution in [1.29, 1.82) is 0 Å². The predicted molar refractivity (Wildman–Crippen MR) is 52.7 cm³/mol. The average Bonchev–Trinajstić information content (AvgIpc) is 2.25. The number of terminal acetylenes is 1. The maximum atomic E-state index is 10.6. The third kappa shape index (κ3) is 2.27. The number of ether oxygens (including phenoxy) is 2. The van der Waals surface area contributed by atoms with E-state index in [2.05, 4.69) is 5.92 Å². The molecule has 1 aromatic rings. The Bertz CT molecular complexity index is 363. The van der Waals surface area contributed by atoms with Gasteiger partial charge in [-0.15, -0.1) is 6.42 Å². The standard InChI is InChI=1S/C11H10O3/c1-3-6-14-11-7-10(13-2)5-4-9(11)8-12/h1,4-5,7-8H,6H2,2H3. The normalized spacial score (nSPS) is 8.86. The molecule has 0 aromatic heterocycles. The van der Waals surface area contributed by atoms with E-state index in [1.54, 1.807) is 25.3 Å². The summed E-state index contributed by atoms with van der Waals surface area (Å²) in [6.45, 7) is 0.133. The first kappa shape index (κ1) is 10.1. The van der Waals surface area contributed by atoms with E-state index in [0.29, 0.717) is 23.3 Å². The fraction of sp³-hybridized carbons (Fsp3) is 0.182. The summed E-state index contributed by atoms with van der Waals surface area (Å²) in [7, 11) is 1.54. The lowest BCUT2D eigenvalue weighted by atomic mass is 10.2. The van der Waals surface area contributed by atoms with E-state index >= 15 is 0 Å². The second-order valence-corrected chi connectivity index (χ2v) is 2.51. The first-order chi connectivity index (χ1) is 6.81. The van der Waals surface area contributed by atoms with Gasteiger partial charge in [-0.3, -0.25) is 4.79 Å². The molecular formula is C11H10O3. The van der Waals surface area contributed by atoms with Gasteiger partial charge in [0.2, 0.25) is 0 Å². The van der Waals surface area contributed by atoms with E-state index in [4.69, 9.17) is 15.9 Å². The molecule has 0 aliphatic heterocycles. The predicted octanol–water partition coefficient (Wildman–Crippen LogP) is 1.52. The lowest BCUT2D eigenvalue weighted by Crippen LogP contribution is -1.97. The van der Waals surface area contributed by atoms with Crippen molar-refractivity contribution >= 4 is 6.29 Å². The second-order valence-electron chi connectivity index (χ2n) is 2.51. The second kappa shape index (κ2) is 4.93. The Morgan fingerprint density at radius 3 is 2.93 bits per heavy atom.